The van der Waals surface area contributed by atoms with E-state index in [0.717, 1.165) is 17.0 Å². The van der Waals surface area contributed by atoms with Crippen molar-refractivity contribution < 1.29 is 14.0 Å². The van der Waals surface area contributed by atoms with Gasteiger partial charge in [-0.1, -0.05) is 12.1 Å². The van der Waals surface area contributed by atoms with Crippen LogP contribution in [-0.4, -0.2) is 11.8 Å². The molecule has 0 atom stereocenters. The van der Waals surface area contributed by atoms with Crippen LogP contribution in [0.1, 0.15) is 26.3 Å². The molecule has 0 radical (unpaired) electrons. The molecule has 0 fully saturated rings. The van der Waals surface area contributed by atoms with Crippen LogP contribution in [0.2, 0.25) is 0 Å². The molecule has 2 amide bonds. The van der Waals surface area contributed by atoms with E-state index in [-0.39, 0.29) is 22.4 Å². The maximum atomic E-state index is 13.5. The quantitative estimate of drug-likeness (QED) is 0.745. The van der Waals surface area contributed by atoms with Gasteiger partial charge in [0.05, 0.1) is 28.4 Å². The summed E-state index contributed by atoms with van der Waals surface area (Å²) in [5, 5.41) is 8.83. The Morgan fingerprint density at radius 2 is 1.60 bits per heavy atom. The number of halogens is 1. The summed E-state index contributed by atoms with van der Waals surface area (Å²) in [4.78, 5) is 25.3. The Hall–Kier alpha value is -3.00. The highest BCUT2D eigenvalue weighted by atomic mass is 19.1. The Labute approximate surface area is 113 Å². The van der Waals surface area contributed by atoms with Crippen molar-refractivity contribution in [2.24, 2.45) is 0 Å². The molecule has 0 N–H and O–H groups in total. The summed E-state index contributed by atoms with van der Waals surface area (Å²) in [5.41, 5.74) is 0.671. The first-order valence-corrected chi connectivity index (χ1v) is 5.80. The third-order valence-corrected chi connectivity index (χ3v) is 3.06. The van der Waals surface area contributed by atoms with Gasteiger partial charge in [0.15, 0.2) is 0 Å². The van der Waals surface area contributed by atoms with Crippen LogP contribution in [0.15, 0.2) is 42.5 Å². The fraction of sp³-hybridized carbons (Fsp3) is 0. The lowest BCUT2D eigenvalue weighted by Gasteiger charge is -2.14. The van der Waals surface area contributed by atoms with Crippen LogP contribution in [0.5, 0.6) is 0 Å². The monoisotopic (exact) mass is 266 g/mol. The SMILES string of the molecule is N#Cc1cc(F)cc(N2C(=O)c3ccccc3C2=O)c1. The second-order valence-electron chi connectivity index (χ2n) is 4.30. The van der Waals surface area contributed by atoms with Crippen molar-refractivity contribution in [1.29, 1.82) is 5.26 Å². The number of fused-ring (bicyclic) bond motifs is 1. The standard InChI is InChI=1S/C15H7FN2O2/c16-10-5-9(8-17)6-11(7-10)18-14(19)12-3-1-2-4-13(12)15(18)20/h1-7H. The lowest BCUT2D eigenvalue weighted by molar-refractivity contribution is 0.0926. The number of nitrogens with zero attached hydrogens (tertiary/aromatic N) is 2. The maximum Gasteiger partial charge on any atom is 0.266 e. The van der Waals surface area contributed by atoms with E-state index in [2.05, 4.69) is 0 Å². The van der Waals surface area contributed by atoms with Gasteiger partial charge >= 0.3 is 0 Å². The van der Waals surface area contributed by atoms with E-state index in [1.807, 2.05) is 0 Å². The van der Waals surface area contributed by atoms with E-state index in [4.69, 9.17) is 5.26 Å². The molecule has 1 heterocycles. The minimum atomic E-state index is -0.671. The van der Waals surface area contributed by atoms with Crippen LogP contribution in [0, 0.1) is 17.1 Å². The van der Waals surface area contributed by atoms with Crippen molar-refractivity contribution in [2.75, 3.05) is 4.90 Å². The van der Waals surface area contributed by atoms with Crippen molar-refractivity contribution >= 4 is 17.5 Å². The predicted molar refractivity (Wildman–Crippen MR) is 68.7 cm³/mol. The van der Waals surface area contributed by atoms with Gasteiger partial charge in [0.25, 0.3) is 11.8 Å². The summed E-state index contributed by atoms with van der Waals surface area (Å²) in [7, 11) is 0. The number of benzene rings is 2. The molecule has 0 bridgehead atoms. The van der Waals surface area contributed by atoms with Gasteiger partial charge in [-0.2, -0.15) is 5.26 Å². The van der Waals surface area contributed by atoms with E-state index < -0.39 is 17.6 Å². The molecular weight excluding hydrogens is 259 g/mol. The second-order valence-corrected chi connectivity index (χ2v) is 4.30. The van der Waals surface area contributed by atoms with Crippen LogP contribution >= 0.6 is 0 Å². The molecule has 3 rings (SSSR count). The first kappa shape index (κ1) is 12.1. The molecule has 1 aliphatic heterocycles. The zero-order chi connectivity index (χ0) is 14.3. The smallest absolute Gasteiger partial charge is 0.266 e. The highest BCUT2D eigenvalue weighted by molar-refractivity contribution is 6.34. The number of anilines is 1. The maximum absolute atomic E-state index is 13.5. The average molecular weight is 266 g/mol. The highest BCUT2D eigenvalue weighted by Crippen LogP contribution is 2.29. The van der Waals surface area contributed by atoms with Gasteiger partial charge < -0.3 is 0 Å². The Balaban J connectivity index is 2.14. The van der Waals surface area contributed by atoms with E-state index >= 15 is 0 Å². The van der Waals surface area contributed by atoms with Crippen LogP contribution < -0.4 is 4.90 Å². The van der Waals surface area contributed by atoms with Crippen LogP contribution in [-0.2, 0) is 0 Å². The molecule has 0 saturated heterocycles. The highest BCUT2D eigenvalue weighted by Gasteiger charge is 2.36. The van der Waals surface area contributed by atoms with Gasteiger partial charge in [-0.15, -0.1) is 0 Å². The largest absolute Gasteiger partial charge is 0.268 e. The lowest BCUT2D eigenvalue weighted by Crippen LogP contribution is -2.29. The zero-order valence-electron chi connectivity index (χ0n) is 10.1. The zero-order valence-corrected chi connectivity index (χ0v) is 10.1. The molecule has 4 nitrogen and oxygen atoms in total. The third-order valence-electron chi connectivity index (χ3n) is 3.06. The van der Waals surface area contributed by atoms with Gasteiger partial charge in [-0.05, 0) is 30.3 Å². The normalized spacial score (nSPS) is 13.3. The Morgan fingerprint density at radius 1 is 1.00 bits per heavy atom. The third kappa shape index (κ3) is 1.67. The Morgan fingerprint density at radius 3 is 2.15 bits per heavy atom. The van der Waals surface area contributed by atoms with Crippen molar-refractivity contribution in [3.05, 3.63) is 65.0 Å². The predicted octanol–water partition coefficient (Wildman–Crippen LogP) is 2.50. The van der Waals surface area contributed by atoms with E-state index in [1.165, 1.54) is 6.07 Å². The van der Waals surface area contributed by atoms with Gasteiger partial charge in [-0.25, -0.2) is 9.29 Å². The molecule has 5 heteroatoms. The molecular formula is C15H7FN2O2. The van der Waals surface area contributed by atoms with Crippen molar-refractivity contribution in [1.82, 2.24) is 0 Å². The molecule has 2 aromatic carbocycles. The molecule has 0 spiro atoms. The van der Waals surface area contributed by atoms with Crippen molar-refractivity contribution in [3.63, 3.8) is 0 Å². The number of amides is 2. The summed E-state index contributed by atoms with van der Waals surface area (Å²) in [6.07, 6.45) is 0. The van der Waals surface area contributed by atoms with Gasteiger partial charge in [-0.3, -0.25) is 9.59 Å². The molecule has 20 heavy (non-hydrogen) atoms. The topological polar surface area (TPSA) is 61.2 Å². The summed E-state index contributed by atoms with van der Waals surface area (Å²) in [5.74, 6) is -1.70. The summed E-state index contributed by atoms with van der Waals surface area (Å²) >= 11 is 0. The second kappa shape index (κ2) is 4.28. The van der Waals surface area contributed by atoms with Crippen LogP contribution in [0.3, 0.4) is 0 Å². The summed E-state index contributed by atoms with van der Waals surface area (Å²) in [6, 6.07) is 11.6. The van der Waals surface area contributed by atoms with Crippen molar-refractivity contribution in [2.45, 2.75) is 0 Å². The number of hydrogen-bond acceptors (Lipinski definition) is 3. The van der Waals surface area contributed by atoms with Crippen molar-refractivity contribution in [3.8, 4) is 6.07 Å². The molecule has 0 saturated carbocycles. The molecule has 1 aliphatic rings. The van der Waals surface area contributed by atoms with Crippen LogP contribution in [0.25, 0.3) is 0 Å². The molecule has 96 valence electrons. The number of hydrogen-bond donors (Lipinski definition) is 0. The first-order chi connectivity index (χ1) is 9.61. The number of rotatable bonds is 1. The number of nitriles is 1. The fourth-order valence-electron chi connectivity index (χ4n) is 2.19. The average Bonchev–Trinajstić information content (AvgIpc) is 2.71. The lowest BCUT2D eigenvalue weighted by atomic mass is 10.1. The number of carbonyl (C=O) groups is 2. The molecule has 2 aromatic rings. The van der Waals surface area contributed by atoms with E-state index in [9.17, 15) is 14.0 Å². The Bertz CT molecular complexity index is 758. The first-order valence-electron chi connectivity index (χ1n) is 5.80. The van der Waals surface area contributed by atoms with E-state index in [1.54, 1.807) is 30.3 Å². The molecule has 0 aliphatic carbocycles. The number of imide groups is 1. The van der Waals surface area contributed by atoms with E-state index in [0.29, 0.717) is 0 Å². The summed E-state index contributed by atoms with van der Waals surface area (Å²) in [6.45, 7) is 0. The van der Waals surface area contributed by atoms with Gasteiger partial charge in [0.1, 0.15) is 5.82 Å². The number of carbonyl (C=O) groups excluding carboxylic acids is 2. The summed E-state index contributed by atoms with van der Waals surface area (Å²) < 4.78 is 13.5. The fourth-order valence-corrected chi connectivity index (χ4v) is 2.19. The van der Waals surface area contributed by atoms with Gasteiger partial charge in [0.2, 0.25) is 0 Å². The Kier molecular flexibility index (Phi) is 2.58. The molecule has 0 unspecified atom stereocenters. The van der Waals surface area contributed by atoms with Crippen LogP contribution in [0.4, 0.5) is 10.1 Å². The minimum Gasteiger partial charge on any atom is -0.268 e. The molecule has 0 aromatic heterocycles. The minimum absolute atomic E-state index is 0.0524. The van der Waals surface area contributed by atoms with Gasteiger partial charge in [0, 0.05) is 0 Å².